The number of fused-ring (bicyclic) bond motifs is 1. The van der Waals surface area contributed by atoms with Gasteiger partial charge in [0, 0.05) is 5.56 Å². The first kappa shape index (κ1) is 21.2. The van der Waals surface area contributed by atoms with Gasteiger partial charge in [0.2, 0.25) is 6.86 Å². The van der Waals surface area contributed by atoms with Gasteiger partial charge in [-0.3, -0.25) is 0 Å². The number of hydrogen-bond donors (Lipinski definition) is 4. The molecule has 2 aromatic carbocycles. The second-order valence-electron chi connectivity index (χ2n) is 8.10. The number of rotatable bonds is 6. The van der Waals surface area contributed by atoms with E-state index in [1.54, 1.807) is 12.1 Å². The van der Waals surface area contributed by atoms with E-state index in [-0.39, 0.29) is 5.75 Å². The van der Waals surface area contributed by atoms with Gasteiger partial charge >= 0.3 is 0 Å². The standard InChI is InChI=1S/C23H27FO6/c1-12-6-18(29-11-24)17(23-22(28)21(27)20(26)19(10-25)30-23)9-16(12)8-13-2-3-14-4-5-15(14)7-13/h2-3,6-7,9,19-23,25-28H,4-5,8,10-11H2,1H3/t19-,20-,21+,22-,23+/m1/s1. The third-order valence-corrected chi connectivity index (χ3v) is 6.21. The van der Waals surface area contributed by atoms with Crippen LogP contribution in [0.5, 0.6) is 5.75 Å². The highest BCUT2D eigenvalue weighted by Gasteiger charge is 2.45. The van der Waals surface area contributed by atoms with Gasteiger partial charge in [-0.15, -0.1) is 0 Å². The predicted molar refractivity (Wildman–Crippen MR) is 107 cm³/mol. The van der Waals surface area contributed by atoms with Crippen molar-refractivity contribution in [2.24, 2.45) is 0 Å². The lowest BCUT2D eigenvalue weighted by Crippen LogP contribution is -2.55. The van der Waals surface area contributed by atoms with Gasteiger partial charge < -0.3 is 29.9 Å². The molecule has 0 unspecified atom stereocenters. The molecule has 30 heavy (non-hydrogen) atoms. The molecule has 0 spiro atoms. The number of aryl methyl sites for hydroxylation is 3. The Balaban J connectivity index is 1.70. The van der Waals surface area contributed by atoms with Gasteiger partial charge in [-0.05, 0) is 66.1 Å². The van der Waals surface area contributed by atoms with E-state index >= 15 is 0 Å². The van der Waals surface area contributed by atoms with Gasteiger partial charge in [-0.1, -0.05) is 18.2 Å². The first-order chi connectivity index (χ1) is 14.4. The van der Waals surface area contributed by atoms with E-state index in [9.17, 15) is 24.8 Å². The van der Waals surface area contributed by atoms with Gasteiger partial charge in [0.1, 0.15) is 36.3 Å². The van der Waals surface area contributed by atoms with Crippen LogP contribution in [0.3, 0.4) is 0 Å². The number of ether oxygens (including phenoxy) is 2. The highest BCUT2D eigenvalue weighted by Crippen LogP contribution is 2.39. The van der Waals surface area contributed by atoms with E-state index in [0.29, 0.717) is 12.0 Å². The monoisotopic (exact) mass is 418 g/mol. The zero-order chi connectivity index (χ0) is 21.4. The molecular formula is C23H27FO6. The van der Waals surface area contributed by atoms with Crippen LogP contribution in [0.15, 0.2) is 30.3 Å². The van der Waals surface area contributed by atoms with Gasteiger partial charge in [-0.25, -0.2) is 4.39 Å². The fourth-order valence-corrected chi connectivity index (χ4v) is 4.28. The molecule has 0 saturated carbocycles. The normalized spacial score (nSPS) is 28.0. The lowest BCUT2D eigenvalue weighted by atomic mass is 9.85. The smallest absolute Gasteiger partial charge is 0.228 e. The molecule has 0 radical (unpaired) electrons. The minimum atomic E-state index is -1.52. The first-order valence-electron chi connectivity index (χ1n) is 10.2. The van der Waals surface area contributed by atoms with Gasteiger partial charge in [0.05, 0.1) is 6.61 Å². The molecule has 1 fully saturated rings. The summed E-state index contributed by atoms with van der Waals surface area (Å²) in [5.41, 5.74) is 6.10. The summed E-state index contributed by atoms with van der Waals surface area (Å²) >= 11 is 0. The third kappa shape index (κ3) is 3.84. The molecule has 162 valence electrons. The summed E-state index contributed by atoms with van der Waals surface area (Å²) in [5.74, 6) is 0.195. The highest BCUT2D eigenvalue weighted by atomic mass is 19.1. The average Bonchev–Trinajstić information content (AvgIpc) is 2.71. The Morgan fingerprint density at radius 2 is 1.80 bits per heavy atom. The molecule has 4 N–H and O–H groups in total. The maximum Gasteiger partial charge on any atom is 0.228 e. The van der Waals surface area contributed by atoms with E-state index < -0.39 is 44.0 Å². The summed E-state index contributed by atoms with van der Waals surface area (Å²) in [4.78, 5) is 0. The van der Waals surface area contributed by atoms with Crippen molar-refractivity contribution in [1.82, 2.24) is 0 Å². The second kappa shape index (κ2) is 8.61. The third-order valence-electron chi connectivity index (χ3n) is 6.21. The predicted octanol–water partition coefficient (Wildman–Crippen LogP) is 1.51. The van der Waals surface area contributed by atoms with E-state index in [0.717, 1.165) is 29.5 Å². The zero-order valence-electron chi connectivity index (χ0n) is 16.8. The summed E-state index contributed by atoms with van der Waals surface area (Å²) in [6, 6.07) is 9.90. The number of alkyl halides is 1. The van der Waals surface area contributed by atoms with Crippen molar-refractivity contribution in [2.45, 2.75) is 56.7 Å². The Labute approximate surface area is 174 Å². The Hall–Kier alpha value is -2.03. The largest absolute Gasteiger partial charge is 0.463 e. The molecule has 2 aliphatic rings. The molecular weight excluding hydrogens is 391 g/mol. The fraction of sp³-hybridized carbons (Fsp3) is 0.478. The van der Waals surface area contributed by atoms with E-state index in [1.807, 2.05) is 6.92 Å². The van der Waals surface area contributed by atoms with Crippen LogP contribution in [0.1, 0.15) is 39.5 Å². The van der Waals surface area contributed by atoms with Crippen LogP contribution >= 0.6 is 0 Å². The van der Waals surface area contributed by atoms with Crippen molar-refractivity contribution in [3.8, 4) is 5.75 Å². The van der Waals surface area contributed by atoms with Crippen molar-refractivity contribution >= 4 is 0 Å². The summed E-state index contributed by atoms with van der Waals surface area (Å²) in [7, 11) is 0. The molecule has 5 atom stereocenters. The van der Waals surface area contributed by atoms with Crippen LogP contribution in [-0.2, 0) is 24.0 Å². The number of halogens is 1. The van der Waals surface area contributed by atoms with Crippen LogP contribution in [0, 0.1) is 6.92 Å². The number of benzene rings is 2. The molecule has 0 aromatic heterocycles. The van der Waals surface area contributed by atoms with Gasteiger partial charge in [-0.2, -0.15) is 0 Å². The second-order valence-corrected chi connectivity index (χ2v) is 8.10. The Kier molecular flexibility index (Phi) is 6.09. The zero-order valence-corrected chi connectivity index (χ0v) is 16.8. The SMILES string of the molecule is Cc1cc(OCF)c([C@@H]2O[C@H](CO)[C@@H](O)[C@H](O)[C@H]2O)cc1Cc1ccc2c(c1)CC2. The number of hydrogen-bond acceptors (Lipinski definition) is 6. The molecule has 6 nitrogen and oxygen atoms in total. The molecule has 0 amide bonds. The molecule has 7 heteroatoms. The molecule has 2 aromatic rings. The van der Waals surface area contributed by atoms with Crippen molar-refractivity contribution in [2.75, 3.05) is 13.5 Å². The molecule has 1 heterocycles. The molecule has 0 bridgehead atoms. The van der Waals surface area contributed by atoms with Crippen LogP contribution in [0.25, 0.3) is 0 Å². The van der Waals surface area contributed by atoms with Gasteiger partial charge in [0.15, 0.2) is 0 Å². The molecule has 1 saturated heterocycles. The maximum absolute atomic E-state index is 13.0. The average molecular weight is 418 g/mol. The van der Waals surface area contributed by atoms with E-state index in [2.05, 4.69) is 18.2 Å². The Morgan fingerprint density at radius 1 is 1.03 bits per heavy atom. The maximum atomic E-state index is 13.0. The molecule has 4 rings (SSSR count). The van der Waals surface area contributed by atoms with Crippen molar-refractivity contribution in [1.29, 1.82) is 0 Å². The minimum Gasteiger partial charge on any atom is -0.463 e. The van der Waals surface area contributed by atoms with Crippen LogP contribution < -0.4 is 4.74 Å². The summed E-state index contributed by atoms with van der Waals surface area (Å²) in [6.07, 6.45) is -3.73. The fourth-order valence-electron chi connectivity index (χ4n) is 4.28. The van der Waals surface area contributed by atoms with Crippen LogP contribution in [-0.4, -0.2) is 58.3 Å². The minimum absolute atomic E-state index is 0.195. The molecule has 1 aliphatic heterocycles. The quantitative estimate of drug-likeness (QED) is 0.568. The summed E-state index contributed by atoms with van der Waals surface area (Å²) in [5, 5.41) is 40.2. The van der Waals surface area contributed by atoms with Crippen molar-refractivity contribution < 1.29 is 34.3 Å². The lowest BCUT2D eigenvalue weighted by Gasteiger charge is -2.40. The number of aliphatic hydroxyl groups excluding tert-OH is 4. The van der Waals surface area contributed by atoms with Crippen LogP contribution in [0.2, 0.25) is 0 Å². The van der Waals surface area contributed by atoms with Crippen molar-refractivity contribution in [3.63, 3.8) is 0 Å². The highest BCUT2D eigenvalue weighted by molar-refractivity contribution is 5.47. The summed E-state index contributed by atoms with van der Waals surface area (Å²) < 4.78 is 23.8. The van der Waals surface area contributed by atoms with Crippen LogP contribution in [0.4, 0.5) is 4.39 Å². The molecule has 1 aliphatic carbocycles. The summed E-state index contributed by atoms with van der Waals surface area (Å²) in [6.45, 7) is 0.307. The Bertz CT molecular complexity index is 915. The van der Waals surface area contributed by atoms with Gasteiger partial charge in [0.25, 0.3) is 0 Å². The number of aliphatic hydroxyl groups is 4. The Morgan fingerprint density at radius 3 is 2.43 bits per heavy atom. The first-order valence-corrected chi connectivity index (χ1v) is 10.2. The van der Waals surface area contributed by atoms with E-state index in [4.69, 9.17) is 9.47 Å². The topological polar surface area (TPSA) is 99.4 Å². The van der Waals surface area contributed by atoms with Crippen molar-refractivity contribution in [3.05, 3.63) is 63.7 Å². The van der Waals surface area contributed by atoms with E-state index in [1.165, 1.54) is 11.1 Å². The lowest BCUT2D eigenvalue weighted by molar-refractivity contribution is -0.232.